The maximum atomic E-state index is 13.3. The molecule has 3 aromatic rings. The molecule has 0 saturated heterocycles. The summed E-state index contributed by atoms with van der Waals surface area (Å²) in [6, 6.07) is 22.8. The van der Waals surface area contributed by atoms with Gasteiger partial charge in [-0.2, -0.15) is 5.26 Å². The molecule has 7 nitrogen and oxygen atoms in total. The van der Waals surface area contributed by atoms with Gasteiger partial charge in [-0.25, -0.2) is 8.42 Å². The summed E-state index contributed by atoms with van der Waals surface area (Å²) in [5.74, 6) is -0.244. The van der Waals surface area contributed by atoms with Crippen molar-refractivity contribution in [3.8, 4) is 11.8 Å². The van der Waals surface area contributed by atoms with Crippen LogP contribution >= 0.6 is 0 Å². The van der Waals surface area contributed by atoms with E-state index in [0.717, 1.165) is 4.31 Å². The summed E-state index contributed by atoms with van der Waals surface area (Å²) < 4.78 is 33.0. The number of nitrogens with zero attached hydrogens (tertiary/aromatic N) is 2. The normalized spacial score (nSPS) is 10.7. The monoisotopic (exact) mass is 421 g/mol. The molecule has 0 aromatic heterocycles. The molecule has 8 heteroatoms. The highest BCUT2D eigenvalue weighted by Crippen LogP contribution is 2.32. The van der Waals surface area contributed by atoms with E-state index in [0.29, 0.717) is 17.0 Å². The summed E-state index contributed by atoms with van der Waals surface area (Å²) in [6.45, 7) is -0.478. The number of nitriles is 1. The van der Waals surface area contributed by atoms with Gasteiger partial charge in [0.1, 0.15) is 12.3 Å². The predicted octanol–water partition coefficient (Wildman–Crippen LogP) is 3.40. The Morgan fingerprint density at radius 2 is 1.73 bits per heavy atom. The minimum atomic E-state index is -4.05. The summed E-state index contributed by atoms with van der Waals surface area (Å²) in [5, 5.41) is 11.7. The molecule has 0 radical (unpaired) electrons. The Morgan fingerprint density at radius 3 is 2.43 bits per heavy atom. The number of rotatable bonds is 7. The van der Waals surface area contributed by atoms with Crippen molar-refractivity contribution in [2.75, 3.05) is 23.3 Å². The Hall–Kier alpha value is -3.83. The third-order valence-corrected chi connectivity index (χ3v) is 6.02. The predicted molar refractivity (Wildman–Crippen MR) is 114 cm³/mol. The fourth-order valence-electron chi connectivity index (χ4n) is 2.85. The van der Waals surface area contributed by atoms with Crippen LogP contribution in [0.3, 0.4) is 0 Å². The lowest BCUT2D eigenvalue weighted by Crippen LogP contribution is -2.38. The second-order valence-corrected chi connectivity index (χ2v) is 8.10. The number of carbonyl (C=O) groups excluding carboxylic acids is 1. The number of para-hydroxylation sites is 2. The number of hydrogen-bond acceptors (Lipinski definition) is 5. The van der Waals surface area contributed by atoms with E-state index in [1.807, 2.05) is 6.07 Å². The summed E-state index contributed by atoms with van der Waals surface area (Å²) in [6.07, 6.45) is 0. The molecule has 0 heterocycles. The fourth-order valence-corrected chi connectivity index (χ4v) is 4.31. The molecule has 0 spiro atoms. The average molecular weight is 421 g/mol. The molecule has 0 fully saturated rings. The third kappa shape index (κ3) is 4.59. The van der Waals surface area contributed by atoms with Gasteiger partial charge in [-0.1, -0.05) is 36.4 Å². The minimum Gasteiger partial charge on any atom is -0.495 e. The fraction of sp³-hybridized carbons (Fsp3) is 0.0909. The van der Waals surface area contributed by atoms with E-state index in [1.165, 1.54) is 25.3 Å². The van der Waals surface area contributed by atoms with E-state index in [9.17, 15) is 13.2 Å². The average Bonchev–Trinajstić information content (AvgIpc) is 2.78. The molecule has 30 heavy (non-hydrogen) atoms. The van der Waals surface area contributed by atoms with Crippen molar-refractivity contribution in [2.45, 2.75) is 4.90 Å². The number of methoxy groups -OCH3 is 1. The first kappa shape index (κ1) is 20.9. The molecule has 0 aliphatic rings. The van der Waals surface area contributed by atoms with Crippen LogP contribution in [0.4, 0.5) is 11.4 Å². The van der Waals surface area contributed by atoms with E-state index < -0.39 is 22.5 Å². The molecule has 0 aliphatic carbocycles. The molecule has 0 bridgehead atoms. The molecule has 0 unspecified atom stereocenters. The maximum absolute atomic E-state index is 13.3. The van der Waals surface area contributed by atoms with Gasteiger partial charge in [0, 0.05) is 5.69 Å². The number of hydrogen-bond donors (Lipinski definition) is 1. The number of amides is 1. The van der Waals surface area contributed by atoms with E-state index in [2.05, 4.69) is 5.32 Å². The Balaban J connectivity index is 1.97. The maximum Gasteiger partial charge on any atom is 0.264 e. The zero-order chi connectivity index (χ0) is 21.6. The molecular weight excluding hydrogens is 402 g/mol. The van der Waals surface area contributed by atoms with Crippen molar-refractivity contribution in [1.29, 1.82) is 5.26 Å². The molecule has 1 amide bonds. The van der Waals surface area contributed by atoms with Crippen LogP contribution in [0.5, 0.6) is 5.75 Å². The molecule has 0 saturated carbocycles. The molecule has 3 aromatic carbocycles. The van der Waals surface area contributed by atoms with E-state index in [-0.39, 0.29) is 10.6 Å². The SMILES string of the molecule is COc1ccccc1N(CC(=O)Nc1cccc(C#N)c1)S(=O)(=O)c1ccccc1. The van der Waals surface area contributed by atoms with Crippen LogP contribution < -0.4 is 14.4 Å². The van der Waals surface area contributed by atoms with Crippen LogP contribution in [0.25, 0.3) is 0 Å². The first-order chi connectivity index (χ1) is 14.5. The molecule has 0 atom stereocenters. The summed E-state index contributed by atoms with van der Waals surface area (Å²) in [4.78, 5) is 12.8. The van der Waals surface area contributed by atoms with E-state index >= 15 is 0 Å². The molecule has 152 valence electrons. The molecule has 0 aliphatic heterocycles. The second-order valence-electron chi connectivity index (χ2n) is 6.24. The lowest BCUT2D eigenvalue weighted by atomic mass is 10.2. The van der Waals surface area contributed by atoms with Crippen molar-refractivity contribution < 1.29 is 17.9 Å². The van der Waals surface area contributed by atoms with Crippen molar-refractivity contribution in [3.63, 3.8) is 0 Å². The highest BCUT2D eigenvalue weighted by molar-refractivity contribution is 7.92. The number of benzene rings is 3. The Morgan fingerprint density at radius 1 is 1.03 bits per heavy atom. The van der Waals surface area contributed by atoms with Crippen molar-refractivity contribution in [2.24, 2.45) is 0 Å². The first-order valence-corrected chi connectivity index (χ1v) is 10.4. The van der Waals surface area contributed by atoms with Crippen molar-refractivity contribution in [3.05, 3.63) is 84.4 Å². The third-order valence-electron chi connectivity index (χ3n) is 4.25. The summed E-state index contributed by atoms with van der Waals surface area (Å²) in [7, 11) is -2.62. The number of anilines is 2. The Kier molecular flexibility index (Phi) is 6.35. The van der Waals surface area contributed by atoms with Gasteiger partial charge in [0.2, 0.25) is 5.91 Å². The van der Waals surface area contributed by atoms with Gasteiger partial charge in [-0.3, -0.25) is 9.10 Å². The quantitative estimate of drug-likeness (QED) is 0.630. The standard InChI is InChI=1S/C22H19N3O4S/c1-29-21-13-6-5-12-20(21)25(30(27,28)19-10-3-2-4-11-19)16-22(26)24-18-9-7-8-17(14-18)15-23/h2-14H,16H2,1H3,(H,24,26). The van der Waals surface area contributed by atoms with Crippen LogP contribution in [0.2, 0.25) is 0 Å². The minimum absolute atomic E-state index is 0.0511. The largest absolute Gasteiger partial charge is 0.495 e. The van der Waals surface area contributed by atoms with Crippen molar-refractivity contribution in [1.82, 2.24) is 0 Å². The lowest BCUT2D eigenvalue weighted by molar-refractivity contribution is -0.114. The first-order valence-electron chi connectivity index (χ1n) is 8.96. The van der Waals surface area contributed by atoms with Crippen molar-refractivity contribution >= 4 is 27.3 Å². The van der Waals surface area contributed by atoms with Gasteiger partial charge >= 0.3 is 0 Å². The zero-order valence-corrected chi connectivity index (χ0v) is 17.0. The Labute approximate surface area is 175 Å². The van der Waals surface area contributed by atoms with Crippen LogP contribution in [-0.4, -0.2) is 28.0 Å². The summed E-state index contributed by atoms with van der Waals surface area (Å²) >= 11 is 0. The Bertz CT molecular complexity index is 1190. The van der Waals surface area contributed by atoms with E-state index in [4.69, 9.17) is 10.00 Å². The van der Waals surface area contributed by atoms with Crippen LogP contribution in [-0.2, 0) is 14.8 Å². The van der Waals surface area contributed by atoms with Gasteiger partial charge in [0.25, 0.3) is 10.0 Å². The van der Waals surface area contributed by atoms with E-state index in [1.54, 1.807) is 60.7 Å². The van der Waals surface area contributed by atoms with Gasteiger partial charge in [0.05, 0.1) is 29.3 Å². The van der Waals surface area contributed by atoms with Crippen LogP contribution in [0.15, 0.2) is 83.8 Å². The van der Waals surface area contributed by atoms with Crippen LogP contribution in [0, 0.1) is 11.3 Å². The lowest BCUT2D eigenvalue weighted by Gasteiger charge is -2.25. The molecule has 3 rings (SSSR count). The van der Waals surface area contributed by atoms with Gasteiger partial charge in [-0.15, -0.1) is 0 Å². The smallest absolute Gasteiger partial charge is 0.264 e. The number of nitrogens with one attached hydrogen (secondary N) is 1. The zero-order valence-electron chi connectivity index (χ0n) is 16.1. The van der Waals surface area contributed by atoms with Gasteiger partial charge < -0.3 is 10.1 Å². The highest BCUT2D eigenvalue weighted by atomic mass is 32.2. The molecular formula is C22H19N3O4S. The number of ether oxygens (including phenoxy) is 1. The second kappa shape index (κ2) is 9.11. The van der Waals surface area contributed by atoms with Crippen LogP contribution in [0.1, 0.15) is 5.56 Å². The highest BCUT2D eigenvalue weighted by Gasteiger charge is 2.29. The van der Waals surface area contributed by atoms with Gasteiger partial charge in [0.15, 0.2) is 0 Å². The molecule has 1 N–H and O–H groups in total. The topological polar surface area (TPSA) is 99.5 Å². The summed E-state index contributed by atoms with van der Waals surface area (Å²) in [5.41, 5.74) is 1.02. The number of sulfonamides is 1. The number of carbonyl (C=O) groups is 1. The van der Waals surface area contributed by atoms with Gasteiger partial charge in [-0.05, 0) is 42.5 Å².